The molecule has 0 bridgehead atoms. The van der Waals surface area contributed by atoms with E-state index >= 15 is 0 Å². The predicted molar refractivity (Wildman–Crippen MR) is 86.2 cm³/mol. The molecule has 0 atom stereocenters. The Kier molecular flexibility index (Phi) is 3.40. The van der Waals surface area contributed by atoms with Crippen LogP contribution in [0.15, 0.2) is 24.3 Å². The fraction of sp³-hybridized carbons (Fsp3) is 0.471. The SMILES string of the molecule is CC1(C)CCC(NC(=O)c2cc3cccc(N)c3[nH]2)CC1. The van der Waals surface area contributed by atoms with Crippen molar-refractivity contribution in [3.63, 3.8) is 0 Å². The van der Waals surface area contributed by atoms with Crippen molar-refractivity contribution in [2.24, 2.45) is 5.41 Å². The predicted octanol–water partition coefficient (Wildman–Crippen LogP) is 3.45. The number of hydrogen-bond donors (Lipinski definition) is 3. The second-order valence-corrected chi connectivity index (χ2v) is 6.91. The molecule has 1 aromatic carbocycles. The summed E-state index contributed by atoms with van der Waals surface area (Å²) in [6.07, 6.45) is 4.44. The summed E-state index contributed by atoms with van der Waals surface area (Å²) in [4.78, 5) is 15.5. The fourth-order valence-electron chi connectivity index (χ4n) is 3.11. The molecule has 0 unspecified atom stereocenters. The summed E-state index contributed by atoms with van der Waals surface area (Å²) in [5.41, 5.74) is 8.44. The number of nitrogens with one attached hydrogen (secondary N) is 2. The number of nitrogen functional groups attached to an aromatic ring is 1. The van der Waals surface area contributed by atoms with Crippen LogP contribution in [0.25, 0.3) is 10.9 Å². The zero-order valence-corrected chi connectivity index (χ0v) is 12.7. The van der Waals surface area contributed by atoms with E-state index in [1.165, 1.54) is 0 Å². The first kappa shape index (κ1) is 14.0. The van der Waals surface area contributed by atoms with Crippen molar-refractivity contribution >= 4 is 22.5 Å². The molecule has 1 saturated carbocycles. The molecule has 0 radical (unpaired) electrons. The summed E-state index contributed by atoms with van der Waals surface area (Å²) < 4.78 is 0. The lowest BCUT2D eigenvalue weighted by Gasteiger charge is -2.34. The van der Waals surface area contributed by atoms with E-state index in [0.29, 0.717) is 16.8 Å². The average molecular weight is 285 g/mol. The molecule has 1 heterocycles. The standard InChI is InChI=1S/C17H23N3O/c1-17(2)8-6-12(7-9-17)19-16(21)14-10-11-4-3-5-13(18)15(11)20-14/h3-5,10,12,20H,6-9,18H2,1-2H3,(H,19,21). The Bertz CT molecular complexity index is 662. The molecule has 0 aliphatic heterocycles. The van der Waals surface area contributed by atoms with Crippen molar-refractivity contribution in [2.75, 3.05) is 5.73 Å². The summed E-state index contributed by atoms with van der Waals surface area (Å²) in [6.45, 7) is 4.59. The van der Waals surface area contributed by atoms with Crippen LogP contribution in [0, 0.1) is 5.41 Å². The Balaban J connectivity index is 1.71. The quantitative estimate of drug-likeness (QED) is 0.740. The van der Waals surface area contributed by atoms with Gasteiger partial charge in [0, 0.05) is 11.4 Å². The Morgan fingerprint density at radius 3 is 2.71 bits per heavy atom. The van der Waals surface area contributed by atoms with Crippen LogP contribution in [-0.4, -0.2) is 16.9 Å². The van der Waals surface area contributed by atoms with E-state index in [2.05, 4.69) is 24.1 Å². The normalized spacial score (nSPS) is 18.8. The largest absolute Gasteiger partial charge is 0.397 e. The maximum absolute atomic E-state index is 12.4. The van der Waals surface area contributed by atoms with E-state index in [9.17, 15) is 4.79 Å². The van der Waals surface area contributed by atoms with Gasteiger partial charge < -0.3 is 16.0 Å². The number of aromatic nitrogens is 1. The van der Waals surface area contributed by atoms with Gasteiger partial charge in [-0.05, 0) is 43.2 Å². The summed E-state index contributed by atoms with van der Waals surface area (Å²) in [6, 6.07) is 7.85. The molecule has 4 heteroatoms. The van der Waals surface area contributed by atoms with E-state index in [1.807, 2.05) is 24.3 Å². The minimum Gasteiger partial charge on any atom is -0.397 e. The minimum absolute atomic E-state index is 0.0321. The number of fused-ring (bicyclic) bond motifs is 1. The molecule has 112 valence electrons. The summed E-state index contributed by atoms with van der Waals surface area (Å²) in [7, 11) is 0. The third kappa shape index (κ3) is 2.89. The molecule has 3 rings (SSSR count). The first-order valence-electron chi connectivity index (χ1n) is 7.63. The molecular weight excluding hydrogens is 262 g/mol. The second kappa shape index (κ2) is 5.10. The number of anilines is 1. The monoisotopic (exact) mass is 285 g/mol. The van der Waals surface area contributed by atoms with Crippen LogP contribution in [-0.2, 0) is 0 Å². The van der Waals surface area contributed by atoms with Gasteiger partial charge in [-0.2, -0.15) is 0 Å². The van der Waals surface area contributed by atoms with Crippen LogP contribution in [0.1, 0.15) is 50.0 Å². The summed E-state index contributed by atoms with van der Waals surface area (Å²) >= 11 is 0. The fourth-order valence-corrected chi connectivity index (χ4v) is 3.11. The number of hydrogen-bond acceptors (Lipinski definition) is 2. The van der Waals surface area contributed by atoms with E-state index in [0.717, 1.165) is 36.6 Å². The maximum Gasteiger partial charge on any atom is 0.267 e. The number of rotatable bonds is 2. The van der Waals surface area contributed by atoms with Gasteiger partial charge in [0.15, 0.2) is 0 Å². The first-order valence-corrected chi connectivity index (χ1v) is 7.63. The third-order valence-electron chi connectivity index (χ3n) is 4.61. The van der Waals surface area contributed by atoms with Crippen molar-refractivity contribution < 1.29 is 4.79 Å². The van der Waals surface area contributed by atoms with E-state index in [-0.39, 0.29) is 11.9 Å². The topological polar surface area (TPSA) is 70.9 Å². The van der Waals surface area contributed by atoms with Gasteiger partial charge in [0.25, 0.3) is 5.91 Å². The molecule has 1 aliphatic rings. The number of para-hydroxylation sites is 1. The highest BCUT2D eigenvalue weighted by atomic mass is 16.1. The highest BCUT2D eigenvalue weighted by molar-refractivity contribution is 6.00. The van der Waals surface area contributed by atoms with E-state index < -0.39 is 0 Å². The molecule has 0 spiro atoms. The molecule has 4 nitrogen and oxygen atoms in total. The minimum atomic E-state index is -0.0321. The number of nitrogens with two attached hydrogens (primary N) is 1. The van der Waals surface area contributed by atoms with Gasteiger partial charge in [0.05, 0.1) is 11.2 Å². The molecule has 1 fully saturated rings. The maximum atomic E-state index is 12.4. The van der Waals surface area contributed by atoms with Gasteiger partial charge in [-0.25, -0.2) is 0 Å². The second-order valence-electron chi connectivity index (χ2n) is 6.91. The first-order chi connectivity index (χ1) is 9.94. The number of aromatic amines is 1. The van der Waals surface area contributed by atoms with E-state index in [1.54, 1.807) is 0 Å². The number of carbonyl (C=O) groups excluding carboxylic acids is 1. The molecule has 2 aromatic rings. The van der Waals surface area contributed by atoms with Crippen LogP contribution >= 0.6 is 0 Å². The van der Waals surface area contributed by atoms with Crippen molar-refractivity contribution in [1.29, 1.82) is 0 Å². The lowest BCUT2D eigenvalue weighted by atomic mass is 9.75. The molecular formula is C17H23N3O. The Labute approximate surface area is 125 Å². The zero-order valence-electron chi connectivity index (χ0n) is 12.7. The van der Waals surface area contributed by atoms with Crippen molar-refractivity contribution in [3.05, 3.63) is 30.0 Å². The third-order valence-corrected chi connectivity index (χ3v) is 4.61. The number of H-pyrrole nitrogens is 1. The molecule has 0 saturated heterocycles. The Morgan fingerprint density at radius 1 is 1.33 bits per heavy atom. The van der Waals surface area contributed by atoms with Crippen LogP contribution in [0.4, 0.5) is 5.69 Å². The Hall–Kier alpha value is -1.97. The number of amides is 1. The molecule has 1 amide bonds. The number of carbonyl (C=O) groups is 1. The van der Waals surface area contributed by atoms with Crippen molar-refractivity contribution in [3.8, 4) is 0 Å². The van der Waals surface area contributed by atoms with Gasteiger partial charge in [0.2, 0.25) is 0 Å². The highest BCUT2D eigenvalue weighted by Crippen LogP contribution is 2.35. The van der Waals surface area contributed by atoms with Crippen LogP contribution in [0.5, 0.6) is 0 Å². The smallest absolute Gasteiger partial charge is 0.267 e. The van der Waals surface area contributed by atoms with Crippen LogP contribution < -0.4 is 11.1 Å². The van der Waals surface area contributed by atoms with Gasteiger partial charge >= 0.3 is 0 Å². The summed E-state index contributed by atoms with van der Waals surface area (Å²) in [5.74, 6) is -0.0321. The molecule has 4 N–H and O–H groups in total. The summed E-state index contributed by atoms with van der Waals surface area (Å²) in [5, 5.41) is 4.12. The average Bonchev–Trinajstić information content (AvgIpc) is 2.87. The van der Waals surface area contributed by atoms with Gasteiger partial charge in [-0.15, -0.1) is 0 Å². The van der Waals surface area contributed by atoms with Crippen molar-refractivity contribution in [2.45, 2.75) is 45.6 Å². The lowest BCUT2D eigenvalue weighted by Crippen LogP contribution is -2.39. The Morgan fingerprint density at radius 2 is 2.05 bits per heavy atom. The van der Waals surface area contributed by atoms with Gasteiger partial charge in [0.1, 0.15) is 5.69 Å². The van der Waals surface area contributed by atoms with E-state index in [4.69, 9.17) is 5.73 Å². The molecule has 1 aromatic heterocycles. The number of benzene rings is 1. The van der Waals surface area contributed by atoms with Crippen molar-refractivity contribution in [1.82, 2.24) is 10.3 Å². The van der Waals surface area contributed by atoms with Gasteiger partial charge in [-0.1, -0.05) is 26.0 Å². The van der Waals surface area contributed by atoms with Gasteiger partial charge in [-0.3, -0.25) is 4.79 Å². The zero-order chi connectivity index (χ0) is 15.0. The highest BCUT2D eigenvalue weighted by Gasteiger charge is 2.27. The molecule has 1 aliphatic carbocycles. The van der Waals surface area contributed by atoms with Crippen LogP contribution in [0.2, 0.25) is 0 Å². The lowest BCUT2D eigenvalue weighted by molar-refractivity contribution is 0.0905. The molecule has 21 heavy (non-hydrogen) atoms. The van der Waals surface area contributed by atoms with Crippen LogP contribution in [0.3, 0.4) is 0 Å².